The van der Waals surface area contributed by atoms with E-state index in [1.807, 2.05) is 0 Å². The first-order chi connectivity index (χ1) is 9.86. The minimum Gasteiger partial charge on any atom is -0.396 e. The molecule has 0 aliphatic carbocycles. The lowest BCUT2D eigenvalue weighted by molar-refractivity contribution is 0.282. The predicted octanol–water partition coefficient (Wildman–Crippen LogP) is 3.30. The molecular formula is C17H26N2O. The number of hydrogen-bond acceptors (Lipinski definition) is 2. The molecule has 0 radical (unpaired) electrons. The van der Waals surface area contributed by atoms with E-state index in [1.165, 1.54) is 22.9 Å². The summed E-state index contributed by atoms with van der Waals surface area (Å²) in [7, 11) is 0. The fraction of sp³-hybridized carbons (Fsp3) is 0.529. The van der Waals surface area contributed by atoms with Gasteiger partial charge in [0.1, 0.15) is 0 Å². The summed E-state index contributed by atoms with van der Waals surface area (Å²) in [6.45, 7) is 5.54. The van der Waals surface area contributed by atoms with Gasteiger partial charge in [-0.1, -0.05) is 25.1 Å². The Hall–Kier alpha value is -1.32. The summed E-state index contributed by atoms with van der Waals surface area (Å²) < 4.78 is 2.36. The second-order valence-corrected chi connectivity index (χ2v) is 5.33. The van der Waals surface area contributed by atoms with Gasteiger partial charge in [0.15, 0.2) is 0 Å². The summed E-state index contributed by atoms with van der Waals surface area (Å²) in [5.41, 5.74) is 2.71. The average molecular weight is 274 g/mol. The van der Waals surface area contributed by atoms with E-state index in [0.717, 1.165) is 38.9 Å². The molecule has 20 heavy (non-hydrogen) atoms. The number of benzene rings is 1. The Morgan fingerprint density at radius 2 is 2.00 bits per heavy atom. The number of hydrogen-bond donors (Lipinski definition) is 2. The number of fused-ring (bicyclic) bond motifs is 1. The summed E-state index contributed by atoms with van der Waals surface area (Å²) in [5, 5.41) is 13.7. The van der Waals surface area contributed by atoms with Crippen LogP contribution in [0.25, 0.3) is 10.9 Å². The van der Waals surface area contributed by atoms with Gasteiger partial charge < -0.3 is 15.0 Å². The third-order valence-corrected chi connectivity index (χ3v) is 3.67. The molecule has 0 fully saturated rings. The van der Waals surface area contributed by atoms with Crippen LogP contribution in [0.4, 0.5) is 0 Å². The lowest BCUT2D eigenvalue weighted by Crippen LogP contribution is -2.13. The highest BCUT2D eigenvalue weighted by atomic mass is 16.2. The second kappa shape index (κ2) is 8.08. The van der Waals surface area contributed by atoms with Crippen molar-refractivity contribution in [3.8, 4) is 0 Å². The van der Waals surface area contributed by atoms with E-state index in [4.69, 9.17) is 5.11 Å². The normalized spacial score (nSPS) is 11.3. The van der Waals surface area contributed by atoms with Crippen LogP contribution in [0, 0.1) is 0 Å². The third-order valence-electron chi connectivity index (χ3n) is 3.67. The van der Waals surface area contributed by atoms with Crippen molar-refractivity contribution in [2.75, 3.05) is 13.2 Å². The third kappa shape index (κ3) is 3.84. The van der Waals surface area contributed by atoms with Crippen molar-refractivity contribution < 1.29 is 5.11 Å². The highest BCUT2D eigenvalue weighted by Crippen LogP contribution is 2.22. The fourth-order valence-electron chi connectivity index (χ4n) is 2.62. The Morgan fingerprint density at radius 3 is 2.80 bits per heavy atom. The van der Waals surface area contributed by atoms with E-state index in [2.05, 4.69) is 47.3 Å². The van der Waals surface area contributed by atoms with E-state index < -0.39 is 0 Å². The van der Waals surface area contributed by atoms with Gasteiger partial charge in [0.05, 0.1) is 0 Å². The van der Waals surface area contributed by atoms with Crippen LogP contribution >= 0.6 is 0 Å². The smallest absolute Gasteiger partial charge is 0.0483 e. The molecule has 3 heteroatoms. The van der Waals surface area contributed by atoms with Crippen molar-refractivity contribution in [3.63, 3.8) is 0 Å². The van der Waals surface area contributed by atoms with Crippen molar-refractivity contribution in [2.45, 2.75) is 45.7 Å². The predicted molar refractivity (Wildman–Crippen MR) is 84.9 cm³/mol. The van der Waals surface area contributed by atoms with Crippen LogP contribution in [0.3, 0.4) is 0 Å². The van der Waals surface area contributed by atoms with Crippen molar-refractivity contribution in [1.29, 1.82) is 0 Å². The fourth-order valence-corrected chi connectivity index (χ4v) is 2.62. The van der Waals surface area contributed by atoms with Gasteiger partial charge in [-0.15, -0.1) is 0 Å². The number of aliphatic hydroxyl groups is 1. The maximum Gasteiger partial charge on any atom is 0.0483 e. The molecule has 0 amide bonds. The summed E-state index contributed by atoms with van der Waals surface area (Å²) in [6.07, 6.45) is 6.57. The molecule has 1 aromatic carbocycles. The van der Waals surface area contributed by atoms with E-state index in [0.29, 0.717) is 6.61 Å². The Morgan fingerprint density at radius 1 is 1.15 bits per heavy atom. The van der Waals surface area contributed by atoms with E-state index in [9.17, 15) is 0 Å². The van der Waals surface area contributed by atoms with E-state index in [-0.39, 0.29) is 0 Å². The van der Waals surface area contributed by atoms with Crippen LogP contribution in [0.1, 0.15) is 38.2 Å². The molecule has 0 atom stereocenters. The molecule has 0 bridgehead atoms. The maximum atomic E-state index is 8.84. The summed E-state index contributed by atoms with van der Waals surface area (Å²) in [5.74, 6) is 0. The molecule has 0 aliphatic rings. The van der Waals surface area contributed by atoms with Crippen molar-refractivity contribution >= 4 is 10.9 Å². The lowest BCUT2D eigenvalue weighted by atomic mass is 10.2. The quantitative estimate of drug-likeness (QED) is 0.688. The topological polar surface area (TPSA) is 37.2 Å². The molecule has 3 nitrogen and oxygen atoms in total. The van der Waals surface area contributed by atoms with Crippen molar-refractivity contribution in [3.05, 3.63) is 36.0 Å². The molecule has 0 saturated carbocycles. The van der Waals surface area contributed by atoms with Gasteiger partial charge in [0.2, 0.25) is 0 Å². The summed E-state index contributed by atoms with van der Waals surface area (Å²) in [4.78, 5) is 0. The Labute approximate surface area is 121 Å². The van der Waals surface area contributed by atoms with Crippen molar-refractivity contribution in [2.24, 2.45) is 0 Å². The standard InChI is InChI=1S/C17H26N2O/c1-2-10-18-13-15-14-19(11-6-3-7-12-20)17-9-5-4-8-16(15)17/h4-5,8-9,14,18,20H,2-3,6-7,10-13H2,1H3. The molecule has 0 aliphatic heterocycles. The number of aliphatic hydroxyl groups excluding tert-OH is 1. The van der Waals surface area contributed by atoms with Crippen LogP contribution < -0.4 is 5.32 Å². The van der Waals surface area contributed by atoms with Gasteiger partial charge in [0, 0.05) is 36.8 Å². The Balaban J connectivity index is 2.09. The Bertz CT molecular complexity index is 519. The number of aryl methyl sites for hydroxylation is 1. The molecule has 2 N–H and O–H groups in total. The molecular weight excluding hydrogens is 248 g/mol. The summed E-state index contributed by atoms with van der Waals surface area (Å²) in [6, 6.07) is 8.63. The number of aromatic nitrogens is 1. The number of unbranched alkanes of at least 4 members (excludes halogenated alkanes) is 2. The minimum absolute atomic E-state index is 0.304. The second-order valence-electron chi connectivity index (χ2n) is 5.33. The molecule has 0 unspecified atom stereocenters. The van der Waals surface area contributed by atoms with Gasteiger partial charge in [-0.3, -0.25) is 0 Å². The number of para-hydroxylation sites is 1. The van der Waals surface area contributed by atoms with Gasteiger partial charge >= 0.3 is 0 Å². The van der Waals surface area contributed by atoms with Gasteiger partial charge in [0.25, 0.3) is 0 Å². The largest absolute Gasteiger partial charge is 0.396 e. The lowest BCUT2D eigenvalue weighted by Gasteiger charge is -2.04. The first-order valence-corrected chi connectivity index (χ1v) is 7.75. The monoisotopic (exact) mass is 274 g/mol. The average Bonchev–Trinajstić information content (AvgIpc) is 2.83. The zero-order valence-electron chi connectivity index (χ0n) is 12.4. The number of nitrogens with zero attached hydrogens (tertiary/aromatic N) is 1. The first kappa shape index (κ1) is 15.1. The Kier molecular flexibility index (Phi) is 6.09. The molecule has 2 aromatic rings. The maximum absolute atomic E-state index is 8.84. The highest BCUT2D eigenvalue weighted by molar-refractivity contribution is 5.83. The molecule has 1 aromatic heterocycles. The molecule has 110 valence electrons. The molecule has 0 spiro atoms. The van der Waals surface area contributed by atoms with Gasteiger partial charge in [-0.05, 0) is 43.9 Å². The van der Waals surface area contributed by atoms with Gasteiger partial charge in [-0.25, -0.2) is 0 Å². The van der Waals surface area contributed by atoms with Crippen LogP contribution in [0.15, 0.2) is 30.5 Å². The zero-order chi connectivity index (χ0) is 14.2. The number of nitrogens with one attached hydrogen (secondary N) is 1. The molecule has 0 saturated heterocycles. The van der Waals surface area contributed by atoms with Gasteiger partial charge in [-0.2, -0.15) is 0 Å². The SMILES string of the molecule is CCCNCc1cn(CCCCCO)c2ccccc12. The highest BCUT2D eigenvalue weighted by Gasteiger charge is 2.07. The van der Waals surface area contributed by atoms with Crippen LogP contribution in [-0.2, 0) is 13.1 Å². The molecule has 1 heterocycles. The molecule has 2 rings (SSSR count). The zero-order valence-corrected chi connectivity index (χ0v) is 12.4. The van der Waals surface area contributed by atoms with E-state index in [1.54, 1.807) is 0 Å². The van der Waals surface area contributed by atoms with Crippen LogP contribution in [-0.4, -0.2) is 22.8 Å². The van der Waals surface area contributed by atoms with Crippen molar-refractivity contribution in [1.82, 2.24) is 9.88 Å². The minimum atomic E-state index is 0.304. The summed E-state index contributed by atoms with van der Waals surface area (Å²) >= 11 is 0. The van der Waals surface area contributed by atoms with Crippen LogP contribution in [0.2, 0.25) is 0 Å². The number of rotatable bonds is 9. The van der Waals surface area contributed by atoms with Crippen LogP contribution in [0.5, 0.6) is 0 Å². The first-order valence-electron chi connectivity index (χ1n) is 7.75. The van der Waals surface area contributed by atoms with E-state index >= 15 is 0 Å².